The summed E-state index contributed by atoms with van der Waals surface area (Å²) in [5, 5.41) is 0. The standard InChI is InChI=1S/C8H14O/c1-3-7-5-8(7)4-6(2)9/h7-8H,3-5H2,1-2H3. The van der Waals surface area contributed by atoms with E-state index in [1.54, 1.807) is 6.92 Å². The Morgan fingerprint density at radius 3 is 2.56 bits per heavy atom. The van der Waals surface area contributed by atoms with E-state index in [0.29, 0.717) is 5.78 Å². The van der Waals surface area contributed by atoms with E-state index >= 15 is 0 Å². The van der Waals surface area contributed by atoms with Crippen molar-refractivity contribution in [3.63, 3.8) is 0 Å². The zero-order chi connectivity index (χ0) is 6.85. The molecule has 0 bridgehead atoms. The molecule has 2 unspecified atom stereocenters. The molecule has 1 aliphatic rings. The summed E-state index contributed by atoms with van der Waals surface area (Å²) in [6.45, 7) is 3.88. The van der Waals surface area contributed by atoms with Crippen molar-refractivity contribution >= 4 is 5.78 Å². The largest absolute Gasteiger partial charge is 0.300 e. The fourth-order valence-corrected chi connectivity index (χ4v) is 1.43. The highest BCUT2D eigenvalue weighted by molar-refractivity contribution is 5.76. The number of rotatable bonds is 3. The average Bonchev–Trinajstić information content (AvgIpc) is 2.45. The van der Waals surface area contributed by atoms with Crippen LogP contribution in [0.4, 0.5) is 0 Å². The fraction of sp³-hybridized carbons (Fsp3) is 0.875. The second-order valence-electron chi connectivity index (χ2n) is 3.07. The predicted molar refractivity (Wildman–Crippen MR) is 37.2 cm³/mol. The lowest BCUT2D eigenvalue weighted by Crippen LogP contribution is -1.92. The molecule has 0 N–H and O–H groups in total. The third-order valence-electron chi connectivity index (χ3n) is 2.14. The minimum absolute atomic E-state index is 0.357. The van der Waals surface area contributed by atoms with E-state index in [4.69, 9.17) is 0 Å². The molecule has 0 aromatic heterocycles. The molecule has 0 spiro atoms. The van der Waals surface area contributed by atoms with Crippen molar-refractivity contribution < 1.29 is 4.79 Å². The van der Waals surface area contributed by atoms with Crippen molar-refractivity contribution in [2.45, 2.75) is 33.1 Å². The Hall–Kier alpha value is -0.330. The fourth-order valence-electron chi connectivity index (χ4n) is 1.43. The minimum atomic E-state index is 0.357. The minimum Gasteiger partial charge on any atom is -0.300 e. The topological polar surface area (TPSA) is 17.1 Å². The summed E-state index contributed by atoms with van der Waals surface area (Å²) in [5.41, 5.74) is 0. The maximum Gasteiger partial charge on any atom is 0.130 e. The highest BCUT2D eigenvalue weighted by Gasteiger charge is 2.35. The first kappa shape index (κ1) is 6.79. The summed E-state index contributed by atoms with van der Waals surface area (Å²) in [6, 6.07) is 0. The SMILES string of the molecule is CCC1CC1CC(C)=O. The van der Waals surface area contributed by atoms with Crippen molar-refractivity contribution in [2.24, 2.45) is 11.8 Å². The van der Waals surface area contributed by atoms with Crippen molar-refractivity contribution in [1.82, 2.24) is 0 Å². The lowest BCUT2D eigenvalue weighted by Gasteiger charge is -1.90. The second-order valence-corrected chi connectivity index (χ2v) is 3.07. The van der Waals surface area contributed by atoms with Crippen molar-refractivity contribution in [2.75, 3.05) is 0 Å². The highest BCUT2D eigenvalue weighted by atomic mass is 16.1. The lowest BCUT2D eigenvalue weighted by molar-refractivity contribution is -0.117. The first-order valence-electron chi connectivity index (χ1n) is 3.73. The normalized spacial score (nSPS) is 32.2. The molecule has 1 aliphatic carbocycles. The maximum absolute atomic E-state index is 10.6. The van der Waals surface area contributed by atoms with Crippen LogP contribution in [0, 0.1) is 11.8 Å². The van der Waals surface area contributed by atoms with Gasteiger partial charge in [0.05, 0.1) is 0 Å². The highest BCUT2D eigenvalue weighted by Crippen LogP contribution is 2.43. The molecule has 1 fully saturated rings. The zero-order valence-corrected chi connectivity index (χ0v) is 6.18. The first-order chi connectivity index (χ1) is 4.24. The molecule has 0 aromatic rings. The van der Waals surface area contributed by atoms with Crippen LogP contribution in [0.1, 0.15) is 33.1 Å². The summed E-state index contributed by atoms with van der Waals surface area (Å²) < 4.78 is 0. The van der Waals surface area contributed by atoms with Crippen molar-refractivity contribution in [3.05, 3.63) is 0 Å². The molecule has 0 saturated heterocycles. The Balaban J connectivity index is 2.12. The van der Waals surface area contributed by atoms with Gasteiger partial charge in [0.15, 0.2) is 0 Å². The van der Waals surface area contributed by atoms with Crippen LogP contribution < -0.4 is 0 Å². The van der Waals surface area contributed by atoms with Crippen LogP contribution in [0.3, 0.4) is 0 Å². The summed E-state index contributed by atoms with van der Waals surface area (Å²) in [6.07, 6.45) is 3.40. The number of carbonyl (C=O) groups is 1. The number of hydrogen-bond acceptors (Lipinski definition) is 1. The molecule has 1 rings (SSSR count). The van der Waals surface area contributed by atoms with Gasteiger partial charge in [-0.1, -0.05) is 13.3 Å². The van der Waals surface area contributed by atoms with Gasteiger partial charge >= 0.3 is 0 Å². The van der Waals surface area contributed by atoms with E-state index in [9.17, 15) is 4.79 Å². The van der Waals surface area contributed by atoms with Gasteiger partial charge < -0.3 is 4.79 Å². The number of carbonyl (C=O) groups excluding carboxylic acids is 1. The molecule has 0 heterocycles. The molecule has 0 amide bonds. The van der Waals surface area contributed by atoms with Crippen LogP contribution >= 0.6 is 0 Å². The molecule has 0 aliphatic heterocycles. The molecular weight excluding hydrogens is 112 g/mol. The van der Waals surface area contributed by atoms with Gasteiger partial charge in [-0.2, -0.15) is 0 Å². The van der Waals surface area contributed by atoms with Crippen molar-refractivity contribution in [1.29, 1.82) is 0 Å². The molecule has 9 heavy (non-hydrogen) atoms. The van der Waals surface area contributed by atoms with Crippen LogP contribution in [0.5, 0.6) is 0 Å². The maximum atomic E-state index is 10.6. The zero-order valence-electron chi connectivity index (χ0n) is 6.18. The molecule has 0 radical (unpaired) electrons. The van der Waals surface area contributed by atoms with E-state index in [0.717, 1.165) is 18.3 Å². The average molecular weight is 126 g/mol. The van der Waals surface area contributed by atoms with Gasteiger partial charge in [0.2, 0.25) is 0 Å². The van der Waals surface area contributed by atoms with E-state index < -0.39 is 0 Å². The van der Waals surface area contributed by atoms with Crippen LogP contribution in [0.2, 0.25) is 0 Å². The number of hydrogen-bond donors (Lipinski definition) is 0. The van der Waals surface area contributed by atoms with E-state index in [1.165, 1.54) is 12.8 Å². The quantitative estimate of drug-likeness (QED) is 0.565. The van der Waals surface area contributed by atoms with Crippen LogP contribution in [0.25, 0.3) is 0 Å². The smallest absolute Gasteiger partial charge is 0.130 e. The van der Waals surface area contributed by atoms with Gasteiger partial charge in [-0.25, -0.2) is 0 Å². The van der Waals surface area contributed by atoms with Crippen molar-refractivity contribution in [3.8, 4) is 0 Å². The van der Waals surface area contributed by atoms with E-state index in [1.807, 2.05) is 0 Å². The lowest BCUT2D eigenvalue weighted by atomic mass is 10.2. The molecule has 0 aromatic carbocycles. The van der Waals surface area contributed by atoms with Crippen LogP contribution in [-0.4, -0.2) is 5.78 Å². The Kier molecular flexibility index (Phi) is 1.89. The summed E-state index contributed by atoms with van der Waals surface area (Å²) in [4.78, 5) is 10.6. The van der Waals surface area contributed by atoms with Crippen LogP contribution in [0.15, 0.2) is 0 Å². The van der Waals surface area contributed by atoms with Gasteiger partial charge in [-0.3, -0.25) is 0 Å². The van der Waals surface area contributed by atoms with Crippen LogP contribution in [-0.2, 0) is 4.79 Å². The Morgan fingerprint density at radius 2 is 2.22 bits per heavy atom. The van der Waals surface area contributed by atoms with Gasteiger partial charge in [0, 0.05) is 6.42 Å². The summed E-state index contributed by atoms with van der Waals surface area (Å²) in [7, 11) is 0. The summed E-state index contributed by atoms with van der Waals surface area (Å²) >= 11 is 0. The second kappa shape index (κ2) is 2.51. The van der Waals surface area contributed by atoms with E-state index in [2.05, 4.69) is 6.92 Å². The molecular formula is C8H14O. The Bertz CT molecular complexity index is 118. The van der Waals surface area contributed by atoms with Gasteiger partial charge in [-0.05, 0) is 25.2 Å². The molecule has 1 saturated carbocycles. The van der Waals surface area contributed by atoms with Gasteiger partial charge in [0.25, 0.3) is 0 Å². The molecule has 52 valence electrons. The third kappa shape index (κ3) is 1.81. The molecule has 1 heteroatoms. The summed E-state index contributed by atoms with van der Waals surface area (Å²) in [5.74, 6) is 2.00. The monoisotopic (exact) mass is 126 g/mol. The number of ketones is 1. The first-order valence-corrected chi connectivity index (χ1v) is 3.73. The molecule has 1 nitrogen and oxygen atoms in total. The Labute approximate surface area is 56.4 Å². The Morgan fingerprint density at radius 1 is 1.56 bits per heavy atom. The molecule has 2 atom stereocenters. The van der Waals surface area contributed by atoms with E-state index in [-0.39, 0.29) is 0 Å². The number of Topliss-reactive ketones (excluding diaryl/α,β-unsaturated/α-hetero) is 1. The van der Waals surface area contributed by atoms with Gasteiger partial charge in [-0.15, -0.1) is 0 Å². The van der Waals surface area contributed by atoms with Gasteiger partial charge in [0.1, 0.15) is 5.78 Å². The third-order valence-corrected chi connectivity index (χ3v) is 2.14. The predicted octanol–water partition coefficient (Wildman–Crippen LogP) is 2.01.